The zero-order valence-corrected chi connectivity index (χ0v) is 16.6. The average Bonchev–Trinajstić information content (AvgIpc) is 2.76. The van der Waals surface area contributed by atoms with Crippen molar-refractivity contribution in [1.82, 2.24) is 0 Å². The molecule has 0 bridgehead atoms. The van der Waals surface area contributed by atoms with Crippen molar-refractivity contribution in [1.29, 1.82) is 0 Å². The van der Waals surface area contributed by atoms with E-state index >= 15 is 0 Å². The highest BCUT2D eigenvalue weighted by Crippen LogP contribution is 2.44. The first-order valence-electron chi connectivity index (χ1n) is 9.89. The maximum Gasteiger partial charge on any atom is 0.187 e. The van der Waals surface area contributed by atoms with Gasteiger partial charge in [-0.05, 0) is 17.7 Å². The van der Waals surface area contributed by atoms with Crippen LogP contribution >= 0.6 is 0 Å². The molecule has 11 nitrogen and oxygen atoms in total. The van der Waals surface area contributed by atoms with Crippen LogP contribution in [0.4, 0.5) is 0 Å². The van der Waals surface area contributed by atoms with E-state index in [4.69, 9.17) is 14.2 Å². The topological polar surface area (TPSA) is 190 Å². The number of fused-ring (bicyclic) bond motifs is 1. The monoisotopic (exact) mass is 452 g/mol. The van der Waals surface area contributed by atoms with E-state index in [-0.39, 0.29) is 29.4 Å². The van der Waals surface area contributed by atoms with Crippen LogP contribution < -0.4 is 4.74 Å². The van der Waals surface area contributed by atoms with Crippen LogP contribution in [0.1, 0.15) is 17.2 Å². The first-order chi connectivity index (χ1) is 15.2. The van der Waals surface area contributed by atoms with E-state index in [1.807, 2.05) is 0 Å². The van der Waals surface area contributed by atoms with Gasteiger partial charge in [0.05, 0.1) is 6.61 Å². The van der Waals surface area contributed by atoms with Crippen molar-refractivity contribution in [2.75, 3.05) is 6.61 Å². The lowest BCUT2D eigenvalue weighted by Crippen LogP contribution is -2.60. The highest BCUT2D eigenvalue weighted by atomic mass is 16.7. The molecule has 0 aliphatic carbocycles. The van der Waals surface area contributed by atoms with Crippen molar-refractivity contribution >= 4 is 0 Å². The summed E-state index contributed by atoms with van der Waals surface area (Å²) in [6, 6.07) is 6.38. The number of hydrogen-bond acceptors (Lipinski definition) is 11. The number of rotatable bonds is 4. The third-order valence-electron chi connectivity index (χ3n) is 5.65. The molecule has 1 saturated heterocycles. The van der Waals surface area contributed by atoms with E-state index in [1.165, 1.54) is 24.3 Å². The first kappa shape index (κ1) is 22.4. The minimum absolute atomic E-state index is 0.0166. The standard InChI is InChI=1S/C21H24O11/c22-7-16-17(27)18(28)19(29)21(32-16)31-15-6-10-12(25)4-9(23)5-14(10)30-20(15)8-1-2-11(24)13(26)3-8/h1-5,15-29H,6-7H2/t15-,16+,17+,18-,19+,20+,21-/m0/s1. The molecular formula is C21H24O11. The second kappa shape index (κ2) is 8.62. The molecule has 0 spiro atoms. The summed E-state index contributed by atoms with van der Waals surface area (Å²) >= 11 is 0. The van der Waals surface area contributed by atoms with Gasteiger partial charge in [0.2, 0.25) is 0 Å². The Morgan fingerprint density at radius 2 is 1.62 bits per heavy atom. The Hall–Kier alpha value is -2.80. The molecule has 2 aromatic rings. The van der Waals surface area contributed by atoms with Crippen LogP contribution in [-0.4, -0.2) is 84.3 Å². The molecule has 0 unspecified atom stereocenters. The lowest BCUT2D eigenvalue weighted by Gasteiger charge is -2.43. The minimum atomic E-state index is -1.66. The summed E-state index contributed by atoms with van der Waals surface area (Å²) in [6.07, 6.45) is -9.41. The van der Waals surface area contributed by atoms with Crippen molar-refractivity contribution in [3.63, 3.8) is 0 Å². The van der Waals surface area contributed by atoms with Gasteiger partial charge in [0.15, 0.2) is 23.9 Å². The molecule has 1 fully saturated rings. The van der Waals surface area contributed by atoms with Crippen LogP contribution in [0.25, 0.3) is 0 Å². The SMILES string of the molecule is OC[C@H]1O[C@H](O[C@H]2Cc3c(O)cc(O)cc3O[C@@H]2c2ccc(O)c(O)c2)[C@H](O)[C@@H](O)[C@@H]1O. The Morgan fingerprint density at radius 1 is 0.875 bits per heavy atom. The van der Waals surface area contributed by atoms with Crippen LogP contribution in [-0.2, 0) is 15.9 Å². The number of hydrogen-bond donors (Lipinski definition) is 8. The van der Waals surface area contributed by atoms with Gasteiger partial charge >= 0.3 is 0 Å². The van der Waals surface area contributed by atoms with Crippen LogP contribution in [0, 0.1) is 0 Å². The van der Waals surface area contributed by atoms with Crippen molar-refractivity contribution in [3.8, 4) is 28.7 Å². The zero-order valence-electron chi connectivity index (χ0n) is 16.6. The predicted octanol–water partition coefficient (Wildman–Crippen LogP) is -0.630. The molecule has 0 saturated carbocycles. The highest BCUT2D eigenvalue weighted by molar-refractivity contribution is 5.52. The predicted molar refractivity (Wildman–Crippen MR) is 105 cm³/mol. The van der Waals surface area contributed by atoms with Gasteiger partial charge in [-0.2, -0.15) is 0 Å². The van der Waals surface area contributed by atoms with Crippen LogP contribution in [0.15, 0.2) is 30.3 Å². The summed E-state index contributed by atoms with van der Waals surface area (Å²) < 4.78 is 17.2. The fraction of sp³-hybridized carbons (Fsp3) is 0.429. The number of ether oxygens (including phenoxy) is 3. The van der Waals surface area contributed by atoms with Gasteiger partial charge in [-0.15, -0.1) is 0 Å². The summed E-state index contributed by atoms with van der Waals surface area (Å²) in [5, 5.41) is 79.4. The third kappa shape index (κ3) is 4.01. The Labute approximate surface area is 181 Å². The second-order valence-corrected chi connectivity index (χ2v) is 7.80. The van der Waals surface area contributed by atoms with Crippen molar-refractivity contribution in [3.05, 3.63) is 41.5 Å². The minimum Gasteiger partial charge on any atom is -0.508 e. The number of phenols is 4. The summed E-state index contributed by atoms with van der Waals surface area (Å²) in [5.74, 6) is -1.10. The molecule has 174 valence electrons. The fourth-order valence-electron chi connectivity index (χ4n) is 3.92. The zero-order chi connectivity index (χ0) is 23.2. The summed E-state index contributed by atoms with van der Waals surface area (Å²) in [5.41, 5.74) is 0.667. The highest BCUT2D eigenvalue weighted by Gasteiger charge is 2.46. The van der Waals surface area contributed by atoms with Crippen molar-refractivity contribution in [2.45, 2.75) is 49.3 Å². The van der Waals surface area contributed by atoms with Crippen molar-refractivity contribution < 1.29 is 55.1 Å². The number of benzene rings is 2. The molecule has 8 N–H and O–H groups in total. The number of aliphatic hydroxyl groups excluding tert-OH is 4. The maximum absolute atomic E-state index is 10.3. The number of aliphatic hydroxyl groups is 4. The summed E-state index contributed by atoms with van der Waals surface area (Å²) in [7, 11) is 0. The lowest BCUT2D eigenvalue weighted by molar-refractivity contribution is -0.317. The van der Waals surface area contributed by atoms with Gasteiger partial charge in [-0.25, -0.2) is 0 Å². The van der Waals surface area contributed by atoms with E-state index in [0.29, 0.717) is 11.1 Å². The van der Waals surface area contributed by atoms with Gasteiger partial charge < -0.3 is 55.1 Å². The molecule has 2 heterocycles. The summed E-state index contributed by atoms with van der Waals surface area (Å²) in [4.78, 5) is 0. The van der Waals surface area contributed by atoms with Crippen LogP contribution in [0.3, 0.4) is 0 Å². The number of aromatic hydroxyl groups is 4. The molecule has 2 aromatic carbocycles. The molecule has 2 aliphatic rings. The quantitative estimate of drug-likeness (QED) is 0.276. The molecule has 4 rings (SSSR count). The molecular weight excluding hydrogens is 428 g/mol. The summed E-state index contributed by atoms with van der Waals surface area (Å²) in [6.45, 7) is -0.635. The normalized spacial score (nSPS) is 32.2. The Morgan fingerprint density at radius 3 is 2.31 bits per heavy atom. The van der Waals surface area contributed by atoms with E-state index in [0.717, 1.165) is 6.07 Å². The molecule has 2 aliphatic heterocycles. The third-order valence-corrected chi connectivity index (χ3v) is 5.65. The van der Waals surface area contributed by atoms with Gasteiger partial charge in [0.25, 0.3) is 0 Å². The van der Waals surface area contributed by atoms with Gasteiger partial charge in [-0.1, -0.05) is 6.07 Å². The molecule has 7 atom stereocenters. The smallest absolute Gasteiger partial charge is 0.187 e. The molecule has 0 aromatic heterocycles. The molecule has 0 radical (unpaired) electrons. The molecule has 11 heteroatoms. The van der Waals surface area contributed by atoms with E-state index in [9.17, 15) is 40.9 Å². The molecule has 0 amide bonds. The van der Waals surface area contributed by atoms with Crippen LogP contribution in [0.5, 0.6) is 28.7 Å². The second-order valence-electron chi connectivity index (χ2n) is 7.80. The largest absolute Gasteiger partial charge is 0.508 e. The van der Waals surface area contributed by atoms with Gasteiger partial charge in [0, 0.05) is 24.1 Å². The Bertz CT molecular complexity index is 978. The van der Waals surface area contributed by atoms with Gasteiger partial charge in [0.1, 0.15) is 47.8 Å². The van der Waals surface area contributed by atoms with E-state index < -0.39 is 55.3 Å². The van der Waals surface area contributed by atoms with E-state index in [1.54, 1.807) is 0 Å². The molecule has 32 heavy (non-hydrogen) atoms. The Balaban J connectivity index is 1.68. The maximum atomic E-state index is 10.3. The van der Waals surface area contributed by atoms with Crippen molar-refractivity contribution in [2.24, 2.45) is 0 Å². The van der Waals surface area contributed by atoms with E-state index in [2.05, 4.69) is 0 Å². The first-order valence-corrected chi connectivity index (χ1v) is 9.89. The Kier molecular flexibility index (Phi) is 6.03. The fourth-order valence-corrected chi connectivity index (χ4v) is 3.92. The van der Waals surface area contributed by atoms with Gasteiger partial charge in [-0.3, -0.25) is 0 Å². The van der Waals surface area contributed by atoms with Crippen LogP contribution in [0.2, 0.25) is 0 Å². The lowest BCUT2D eigenvalue weighted by atomic mass is 9.93. The average molecular weight is 452 g/mol. The number of phenolic OH excluding ortho intramolecular Hbond substituents is 4.